The Bertz CT molecular complexity index is 328. The van der Waals surface area contributed by atoms with Crippen molar-refractivity contribution in [2.75, 3.05) is 40.3 Å². The molecular weight excluding hydrogens is 242 g/mol. The molecule has 5 nitrogen and oxygen atoms in total. The van der Waals surface area contributed by atoms with Crippen molar-refractivity contribution in [2.45, 2.75) is 25.7 Å². The number of nitrogens with one attached hydrogen (secondary N) is 1. The molecule has 2 heterocycles. The quantitative estimate of drug-likeness (QED) is 0.801. The summed E-state index contributed by atoms with van der Waals surface area (Å²) in [6.07, 6.45) is 3.53. The van der Waals surface area contributed by atoms with Crippen LogP contribution in [-0.2, 0) is 9.59 Å². The van der Waals surface area contributed by atoms with E-state index in [0.717, 1.165) is 19.6 Å². The summed E-state index contributed by atoms with van der Waals surface area (Å²) in [7, 11) is 4.05. The van der Waals surface area contributed by atoms with Crippen molar-refractivity contribution >= 4 is 11.8 Å². The van der Waals surface area contributed by atoms with Crippen LogP contribution in [0.3, 0.4) is 0 Å². The van der Waals surface area contributed by atoms with Crippen LogP contribution in [0, 0.1) is 11.8 Å². The number of amides is 2. The second-order valence-corrected chi connectivity index (χ2v) is 6.01. The van der Waals surface area contributed by atoms with Gasteiger partial charge in [0.1, 0.15) is 0 Å². The Morgan fingerprint density at radius 3 is 2.63 bits per heavy atom. The number of hydrogen-bond donors (Lipinski definition) is 1. The lowest BCUT2D eigenvalue weighted by atomic mass is 9.94. The van der Waals surface area contributed by atoms with Gasteiger partial charge in [-0.3, -0.25) is 9.59 Å². The van der Waals surface area contributed by atoms with Crippen LogP contribution in [0.25, 0.3) is 0 Å². The molecule has 1 N–H and O–H groups in total. The van der Waals surface area contributed by atoms with E-state index >= 15 is 0 Å². The van der Waals surface area contributed by atoms with E-state index in [4.69, 9.17) is 0 Å². The molecule has 0 aromatic heterocycles. The van der Waals surface area contributed by atoms with Crippen LogP contribution >= 0.6 is 0 Å². The van der Waals surface area contributed by atoms with Crippen molar-refractivity contribution in [1.82, 2.24) is 15.1 Å². The van der Waals surface area contributed by atoms with Crippen molar-refractivity contribution in [1.29, 1.82) is 0 Å². The largest absolute Gasteiger partial charge is 0.355 e. The van der Waals surface area contributed by atoms with E-state index < -0.39 is 0 Å². The normalized spacial score (nSPS) is 26.0. The van der Waals surface area contributed by atoms with Crippen LogP contribution in [0.4, 0.5) is 0 Å². The van der Waals surface area contributed by atoms with Gasteiger partial charge in [0.05, 0.1) is 5.92 Å². The van der Waals surface area contributed by atoms with Crippen LogP contribution in [0.2, 0.25) is 0 Å². The minimum Gasteiger partial charge on any atom is -0.355 e. The first-order chi connectivity index (χ1) is 9.06. The molecule has 0 saturated carbocycles. The van der Waals surface area contributed by atoms with E-state index in [2.05, 4.69) is 17.3 Å². The fourth-order valence-electron chi connectivity index (χ4n) is 2.98. The van der Waals surface area contributed by atoms with Crippen molar-refractivity contribution in [3.63, 3.8) is 0 Å². The zero-order valence-electron chi connectivity index (χ0n) is 12.0. The predicted molar refractivity (Wildman–Crippen MR) is 73.6 cm³/mol. The molecule has 1 unspecified atom stereocenters. The highest BCUT2D eigenvalue weighted by Crippen LogP contribution is 2.19. The molecule has 2 aliphatic rings. The zero-order chi connectivity index (χ0) is 13.8. The third-order valence-corrected chi connectivity index (χ3v) is 4.36. The summed E-state index contributed by atoms with van der Waals surface area (Å²) in [6.45, 7) is 3.63. The lowest BCUT2D eigenvalue weighted by Crippen LogP contribution is -2.45. The first-order valence-corrected chi connectivity index (χ1v) is 7.26. The highest BCUT2D eigenvalue weighted by atomic mass is 16.2. The molecule has 1 atom stereocenters. The second-order valence-electron chi connectivity index (χ2n) is 6.01. The van der Waals surface area contributed by atoms with Crippen molar-refractivity contribution in [3.05, 3.63) is 0 Å². The number of hydrogen-bond acceptors (Lipinski definition) is 3. The molecule has 0 bridgehead atoms. The van der Waals surface area contributed by atoms with Gasteiger partial charge in [-0.2, -0.15) is 0 Å². The monoisotopic (exact) mass is 267 g/mol. The van der Waals surface area contributed by atoms with E-state index in [9.17, 15) is 9.59 Å². The molecule has 0 spiro atoms. The van der Waals surface area contributed by atoms with Gasteiger partial charge in [-0.25, -0.2) is 0 Å². The minimum atomic E-state index is -0.0195. The minimum absolute atomic E-state index is 0.0195. The number of carbonyl (C=O) groups is 2. The van der Waals surface area contributed by atoms with Gasteiger partial charge in [0.25, 0.3) is 0 Å². The standard InChI is InChI=1S/C14H25N3O2/c1-16-7-5-11(6-8-16)10-17(2)14(19)12-3-4-13(18)15-9-12/h11-12H,3-10H2,1-2H3,(H,15,18). The number of piperidine rings is 2. The Balaban J connectivity index is 1.77. The summed E-state index contributed by atoms with van der Waals surface area (Å²) >= 11 is 0. The summed E-state index contributed by atoms with van der Waals surface area (Å²) < 4.78 is 0. The molecule has 19 heavy (non-hydrogen) atoms. The Labute approximate surface area is 115 Å². The topological polar surface area (TPSA) is 52.7 Å². The van der Waals surface area contributed by atoms with Crippen molar-refractivity contribution in [3.8, 4) is 0 Å². The fraction of sp³-hybridized carbons (Fsp3) is 0.857. The summed E-state index contributed by atoms with van der Waals surface area (Å²) in [5.74, 6) is 0.873. The van der Waals surface area contributed by atoms with E-state index in [0.29, 0.717) is 25.3 Å². The molecule has 0 aromatic carbocycles. The lowest BCUT2D eigenvalue weighted by molar-refractivity contribution is -0.137. The number of rotatable bonds is 3. The molecule has 2 rings (SSSR count). The molecule has 2 aliphatic heterocycles. The summed E-state index contributed by atoms with van der Waals surface area (Å²) in [6, 6.07) is 0. The SMILES string of the molecule is CN1CCC(CN(C)C(=O)C2CCC(=O)NC2)CC1. The molecule has 0 aromatic rings. The molecule has 0 radical (unpaired) electrons. The molecular formula is C14H25N3O2. The van der Waals surface area contributed by atoms with Crippen molar-refractivity contribution in [2.24, 2.45) is 11.8 Å². The van der Waals surface area contributed by atoms with Crippen molar-refractivity contribution < 1.29 is 9.59 Å². The van der Waals surface area contributed by atoms with Gasteiger partial charge in [-0.05, 0) is 45.3 Å². The molecule has 5 heteroatoms. The van der Waals surface area contributed by atoms with Crippen LogP contribution < -0.4 is 5.32 Å². The molecule has 2 saturated heterocycles. The third-order valence-electron chi connectivity index (χ3n) is 4.36. The van der Waals surface area contributed by atoms with Gasteiger partial charge in [-0.15, -0.1) is 0 Å². The maximum absolute atomic E-state index is 12.3. The third kappa shape index (κ3) is 3.93. The van der Waals surface area contributed by atoms with Gasteiger partial charge < -0.3 is 15.1 Å². The van der Waals surface area contributed by atoms with Gasteiger partial charge in [-0.1, -0.05) is 0 Å². The predicted octanol–water partition coefficient (Wildman–Crippen LogP) is 0.313. The zero-order valence-corrected chi connectivity index (χ0v) is 12.0. The lowest BCUT2D eigenvalue weighted by Gasteiger charge is -2.33. The van der Waals surface area contributed by atoms with Gasteiger partial charge in [0, 0.05) is 26.6 Å². The Hall–Kier alpha value is -1.10. The number of likely N-dealkylation sites (tertiary alicyclic amines) is 1. The van der Waals surface area contributed by atoms with E-state index in [1.165, 1.54) is 12.8 Å². The maximum atomic E-state index is 12.3. The smallest absolute Gasteiger partial charge is 0.227 e. The average Bonchev–Trinajstić information content (AvgIpc) is 2.41. The Morgan fingerprint density at radius 2 is 2.05 bits per heavy atom. The second kappa shape index (κ2) is 6.37. The Kier molecular flexibility index (Phi) is 4.80. The Morgan fingerprint density at radius 1 is 1.37 bits per heavy atom. The summed E-state index contributed by atoms with van der Waals surface area (Å²) in [5, 5.41) is 2.78. The van der Waals surface area contributed by atoms with Crippen LogP contribution in [0.1, 0.15) is 25.7 Å². The average molecular weight is 267 g/mol. The van der Waals surface area contributed by atoms with E-state index in [1.54, 1.807) is 0 Å². The fourth-order valence-corrected chi connectivity index (χ4v) is 2.98. The first-order valence-electron chi connectivity index (χ1n) is 7.26. The number of nitrogens with zero attached hydrogens (tertiary/aromatic N) is 2. The summed E-state index contributed by atoms with van der Waals surface area (Å²) in [5.41, 5.74) is 0. The highest BCUT2D eigenvalue weighted by Gasteiger charge is 2.28. The van der Waals surface area contributed by atoms with E-state index in [-0.39, 0.29) is 17.7 Å². The number of carbonyl (C=O) groups excluding carboxylic acids is 2. The van der Waals surface area contributed by atoms with Crippen LogP contribution in [-0.4, -0.2) is 61.9 Å². The van der Waals surface area contributed by atoms with Gasteiger partial charge >= 0.3 is 0 Å². The summed E-state index contributed by atoms with van der Waals surface area (Å²) in [4.78, 5) is 27.6. The van der Waals surface area contributed by atoms with Gasteiger partial charge in [0.15, 0.2) is 0 Å². The maximum Gasteiger partial charge on any atom is 0.227 e. The van der Waals surface area contributed by atoms with Crippen LogP contribution in [0.15, 0.2) is 0 Å². The first kappa shape index (κ1) is 14.3. The molecule has 2 amide bonds. The van der Waals surface area contributed by atoms with Crippen LogP contribution in [0.5, 0.6) is 0 Å². The highest BCUT2D eigenvalue weighted by molar-refractivity contribution is 5.83. The van der Waals surface area contributed by atoms with Gasteiger partial charge in [0.2, 0.25) is 11.8 Å². The molecule has 108 valence electrons. The molecule has 0 aliphatic carbocycles. The molecule has 2 fully saturated rings. The van der Waals surface area contributed by atoms with E-state index in [1.807, 2.05) is 11.9 Å².